The Bertz CT molecular complexity index is 497. The van der Waals surface area contributed by atoms with Crippen molar-refractivity contribution in [2.45, 2.75) is 83.3 Å². The molecule has 2 aliphatic carbocycles. The van der Waals surface area contributed by atoms with Gasteiger partial charge in [-0.15, -0.1) is 0 Å². The van der Waals surface area contributed by atoms with Crippen LogP contribution in [0.15, 0.2) is 12.1 Å². The molecule has 2 saturated carbocycles. The topological polar surface area (TPSA) is 35.2 Å². The van der Waals surface area contributed by atoms with E-state index in [0.717, 1.165) is 18.6 Å². The lowest BCUT2D eigenvalue weighted by Crippen LogP contribution is -2.39. The van der Waals surface area contributed by atoms with Crippen LogP contribution < -0.4 is 10.5 Å². The fourth-order valence-corrected chi connectivity index (χ4v) is 3.96. The number of hydrogen-bond acceptors (Lipinski definition) is 2. The van der Waals surface area contributed by atoms with Gasteiger partial charge in [0.25, 0.3) is 0 Å². The van der Waals surface area contributed by atoms with Crippen molar-refractivity contribution in [2.75, 3.05) is 0 Å². The van der Waals surface area contributed by atoms with Gasteiger partial charge in [0.2, 0.25) is 0 Å². The second-order valence-electron chi connectivity index (χ2n) is 7.13. The molecule has 2 aliphatic rings. The first-order chi connectivity index (χ1) is 10.1. The van der Waals surface area contributed by atoms with E-state index >= 15 is 0 Å². The van der Waals surface area contributed by atoms with Crippen molar-refractivity contribution in [3.05, 3.63) is 28.8 Å². The highest BCUT2D eigenvalue weighted by Crippen LogP contribution is 2.42. The van der Waals surface area contributed by atoms with E-state index in [2.05, 4.69) is 26.0 Å². The van der Waals surface area contributed by atoms with Gasteiger partial charge >= 0.3 is 0 Å². The Morgan fingerprint density at radius 3 is 2.33 bits per heavy atom. The maximum absolute atomic E-state index is 6.79. The molecule has 0 bridgehead atoms. The van der Waals surface area contributed by atoms with Crippen LogP contribution in [-0.2, 0) is 5.54 Å². The Labute approximate surface area is 129 Å². The van der Waals surface area contributed by atoms with Crippen molar-refractivity contribution in [1.82, 2.24) is 0 Å². The third-order valence-corrected chi connectivity index (χ3v) is 5.55. The van der Waals surface area contributed by atoms with Gasteiger partial charge in [0.05, 0.1) is 6.10 Å². The lowest BCUT2D eigenvalue weighted by atomic mass is 9.76. The molecule has 0 unspecified atom stereocenters. The Kier molecular flexibility index (Phi) is 4.26. The quantitative estimate of drug-likeness (QED) is 0.871. The van der Waals surface area contributed by atoms with Gasteiger partial charge in [-0.3, -0.25) is 0 Å². The van der Waals surface area contributed by atoms with Gasteiger partial charge in [-0.1, -0.05) is 31.4 Å². The number of ether oxygens (including phenoxy) is 1. The summed E-state index contributed by atoms with van der Waals surface area (Å²) >= 11 is 0. The first-order valence-corrected chi connectivity index (χ1v) is 8.66. The van der Waals surface area contributed by atoms with Crippen molar-refractivity contribution in [1.29, 1.82) is 0 Å². The largest absolute Gasteiger partial charge is 0.490 e. The predicted molar refractivity (Wildman–Crippen MR) is 87.8 cm³/mol. The zero-order chi connectivity index (χ0) is 14.9. The minimum absolute atomic E-state index is 0.176. The SMILES string of the molecule is Cc1ccc(C2(N)CCCCC2)c(OC2CCCC2)c1C. The third kappa shape index (κ3) is 2.96. The zero-order valence-corrected chi connectivity index (χ0v) is 13.6. The molecule has 1 aromatic carbocycles. The molecule has 2 heteroatoms. The average molecular weight is 287 g/mol. The van der Waals surface area contributed by atoms with Crippen LogP contribution >= 0.6 is 0 Å². The van der Waals surface area contributed by atoms with Crippen molar-refractivity contribution in [3.8, 4) is 5.75 Å². The number of aryl methyl sites for hydroxylation is 1. The summed E-state index contributed by atoms with van der Waals surface area (Å²) in [7, 11) is 0. The number of nitrogens with two attached hydrogens (primary N) is 1. The Hall–Kier alpha value is -1.02. The summed E-state index contributed by atoms with van der Waals surface area (Å²) in [4.78, 5) is 0. The van der Waals surface area contributed by atoms with E-state index in [1.54, 1.807) is 0 Å². The Morgan fingerprint density at radius 2 is 1.67 bits per heavy atom. The van der Waals surface area contributed by atoms with E-state index in [1.807, 2.05) is 0 Å². The summed E-state index contributed by atoms with van der Waals surface area (Å²) in [5.74, 6) is 1.10. The highest BCUT2D eigenvalue weighted by molar-refractivity contribution is 5.49. The number of hydrogen-bond donors (Lipinski definition) is 1. The molecule has 0 amide bonds. The summed E-state index contributed by atoms with van der Waals surface area (Å²) in [5, 5.41) is 0. The zero-order valence-electron chi connectivity index (χ0n) is 13.6. The van der Waals surface area contributed by atoms with Crippen LogP contribution in [0, 0.1) is 13.8 Å². The summed E-state index contributed by atoms with van der Waals surface area (Å²) in [6.07, 6.45) is 11.4. The van der Waals surface area contributed by atoms with Crippen LogP contribution in [0.25, 0.3) is 0 Å². The molecule has 116 valence electrons. The van der Waals surface area contributed by atoms with Crippen molar-refractivity contribution < 1.29 is 4.74 Å². The minimum atomic E-state index is -0.176. The monoisotopic (exact) mass is 287 g/mol. The summed E-state index contributed by atoms with van der Waals surface area (Å²) in [6.45, 7) is 4.36. The molecule has 0 atom stereocenters. The van der Waals surface area contributed by atoms with Gasteiger partial charge in [0, 0.05) is 11.1 Å². The maximum atomic E-state index is 6.79. The van der Waals surface area contributed by atoms with Gasteiger partial charge in [-0.2, -0.15) is 0 Å². The second kappa shape index (κ2) is 6.00. The highest BCUT2D eigenvalue weighted by Gasteiger charge is 2.33. The molecule has 0 aliphatic heterocycles. The normalized spacial score (nSPS) is 22.4. The fraction of sp³-hybridized carbons (Fsp3) is 0.684. The summed E-state index contributed by atoms with van der Waals surface area (Å²) < 4.78 is 6.46. The van der Waals surface area contributed by atoms with E-state index in [1.165, 1.54) is 61.6 Å². The summed E-state index contributed by atoms with van der Waals surface area (Å²) in [5.41, 5.74) is 10.5. The fourth-order valence-electron chi connectivity index (χ4n) is 3.96. The molecule has 0 radical (unpaired) electrons. The predicted octanol–water partition coefficient (Wildman–Crippen LogP) is 4.74. The van der Waals surface area contributed by atoms with E-state index in [0.29, 0.717) is 6.10 Å². The maximum Gasteiger partial charge on any atom is 0.127 e. The van der Waals surface area contributed by atoms with Gasteiger partial charge in [0.15, 0.2) is 0 Å². The first-order valence-electron chi connectivity index (χ1n) is 8.66. The van der Waals surface area contributed by atoms with Crippen LogP contribution in [0.2, 0.25) is 0 Å². The molecule has 0 saturated heterocycles. The van der Waals surface area contributed by atoms with Crippen LogP contribution in [0.4, 0.5) is 0 Å². The number of rotatable bonds is 3. The number of benzene rings is 1. The van der Waals surface area contributed by atoms with Crippen molar-refractivity contribution >= 4 is 0 Å². The highest BCUT2D eigenvalue weighted by atomic mass is 16.5. The van der Waals surface area contributed by atoms with Crippen molar-refractivity contribution in [3.63, 3.8) is 0 Å². The standard InChI is InChI=1S/C19H29NO/c1-14-10-11-17(19(20)12-6-3-7-13-19)18(15(14)2)21-16-8-4-5-9-16/h10-11,16H,3-9,12-13,20H2,1-2H3. The molecular formula is C19H29NO. The molecule has 3 rings (SSSR count). The van der Waals surface area contributed by atoms with E-state index in [-0.39, 0.29) is 5.54 Å². The summed E-state index contributed by atoms with van der Waals surface area (Å²) in [6, 6.07) is 4.45. The molecule has 0 heterocycles. The lowest BCUT2D eigenvalue weighted by molar-refractivity contribution is 0.196. The van der Waals surface area contributed by atoms with E-state index < -0.39 is 0 Å². The molecular weight excluding hydrogens is 258 g/mol. The minimum Gasteiger partial charge on any atom is -0.490 e. The molecule has 0 aromatic heterocycles. The van der Waals surface area contributed by atoms with Gasteiger partial charge < -0.3 is 10.5 Å². The molecule has 0 spiro atoms. The Morgan fingerprint density at radius 1 is 1.00 bits per heavy atom. The second-order valence-corrected chi connectivity index (χ2v) is 7.13. The van der Waals surface area contributed by atoms with Gasteiger partial charge in [-0.05, 0) is 63.5 Å². The molecule has 1 aromatic rings. The molecule has 2 N–H and O–H groups in total. The van der Waals surface area contributed by atoms with Crippen LogP contribution in [0.3, 0.4) is 0 Å². The van der Waals surface area contributed by atoms with Gasteiger partial charge in [-0.25, -0.2) is 0 Å². The Balaban J connectivity index is 1.96. The third-order valence-electron chi connectivity index (χ3n) is 5.55. The van der Waals surface area contributed by atoms with Crippen molar-refractivity contribution in [2.24, 2.45) is 5.73 Å². The van der Waals surface area contributed by atoms with E-state index in [4.69, 9.17) is 10.5 Å². The molecule has 21 heavy (non-hydrogen) atoms. The lowest BCUT2D eigenvalue weighted by Gasteiger charge is -2.36. The average Bonchev–Trinajstić information content (AvgIpc) is 2.98. The van der Waals surface area contributed by atoms with Gasteiger partial charge in [0.1, 0.15) is 5.75 Å². The molecule has 2 nitrogen and oxygen atoms in total. The van der Waals surface area contributed by atoms with Crippen LogP contribution in [-0.4, -0.2) is 6.10 Å². The van der Waals surface area contributed by atoms with Crippen LogP contribution in [0.1, 0.15) is 74.5 Å². The van der Waals surface area contributed by atoms with Crippen LogP contribution in [0.5, 0.6) is 5.75 Å². The van der Waals surface area contributed by atoms with E-state index in [9.17, 15) is 0 Å². The first kappa shape index (κ1) is 14.9. The molecule has 2 fully saturated rings. The smallest absolute Gasteiger partial charge is 0.127 e.